The number of fused-ring (bicyclic) bond motifs is 3. The summed E-state index contributed by atoms with van der Waals surface area (Å²) in [6, 6.07) is 5.78. The molecule has 2 spiro atoms. The van der Waals surface area contributed by atoms with Gasteiger partial charge in [0, 0.05) is 17.4 Å². The van der Waals surface area contributed by atoms with Gasteiger partial charge in [0.1, 0.15) is 41.2 Å². The highest BCUT2D eigenvalue weighted by atomic mass is 16.6. The van der Waals surface area contributed by atoms with E-state index in [1.165, 1.54) is 19.5 Å². The average molecular weight is 508 g/mol. The smallest absolute Gasteiger partial charge is 0.315 e. The number of Topliss-reactive ketones (excluding diaryl/α,β-unsaturated/α-hetero) is 1. The molecule has 0 saturated heterocycles. The van der Waals surface area contributed by atoms with Gasteiger partial charge in [-0.15, -0.1) is 0 Å². The molecule has 1 aliphatic carbocycles. The number of nitrogens with zero attached hydrogens (tertiary/aromatic N) is 3. The lowest BCUT2D eigenvalue weighted by atomic mass is 9.65. The van der Waals surface area contributed by atoms with Crippen LogP contribution in [0.1, 0.15) is 75.5 Å². The van der Waals surface area contributed by atoms with Crippen LogP contribution in [0, 0.1) is 5.41 Å². The number of methoxy groups -OCH3 is 1. The number of ether oxygens (including phenoxy) is 4. The second-order valence-corrected chi connectivity index (χ2v) is 11.5. The highest BCUT2D eigenvalue weighted by molar-refractivity contribution is 5.96. The van der Waals surface area contributed by atoms with E-state index < -0.39 is 16.7 Å². The van der Waals surface area contributed by atoms with Gasteiger partial charge in [-0.2, -0.15) is 0 Å². The van der Waals surface area contributed by atoms with Gasteiger partial charge in [0.2, 0.25) is 5.88 Å². The van der Waals surface area contributed by atoms with Crippen molar-refractivity contribution in [3.8, 4) is 11.6 Å². The normalized spacial score (nSPS) is 22.5. The summed E-state index contributed by atoms with van der Waals surface area (Å²) in [5.74, 6) is 0.912. The lowest BCUT2D eigenvalue weighted by molar-refractivity contribution is -0.153. The Hall–Kier alpha value is -3.49. The molecule has 1 aromatic carbocycles. The van der Waals surface area contributed by atoms with Crippen LogP contribution in [-0.4, -0.2) is 52.5 Å². The van der Waals surface area contributed by atoms with Gasteiger partial charge in [0.05, 0.1) is 19.5 Å². The average Bonchev–Trinajstić information content (AvgIpc) is 3.55. The number of aromatic nitrogens is 2. The Kier molecular flexibility index (Phi) is 5.80. The summed E-state index contributed by atoms with van der Waals surface area (Å²) in [6.45, 7) is 9.99. The van der Waals surface area contributed by atoms with E-state index in [2.05, 4.69) is 23.8 Å². The quantitative estimate of drug-likeness (QED) is 0.422. The van der Waals surface area contributed by atoms with Crippen LogP contribution in [0.15, 0.2) is 35.6 Å². The van der Waals surface area contributed by atoms with E-state index in [-0.39, 0.29) is 35.7 Å². The van der Waals surface area contributed by atoms with Crippen molar-refractivity contribution in [2.75, 3.05) is 13.7 Å². The lowest BCUT2D eigenvalue weighted by Crippen LogP contribution is -2.55. The fraction of sp³-hybridized carbons (Fsp3) is 0.536. The van der Waals surface area contributed by atoms with E-state index in [1.807, 2.05) is 39.0 Å². The maximum atomic E-state index is 12.9. The Balaban J connectivity index is 1.48. The van der Waals surface area contributed by atoms with Gasteiger partial charge >= 0.3 is 5.97 Å². The summed E-state index contributed by atoms with van der Waals surface area (Å²) in [5, 5.41) is 0. The fourth-order valence-electron chi connectivity index (χ4n) is 5.65. The zero-order valence-corrected chi connectivity index (χ0v) is 22.2. The van der Waals surface area contributed by atoms with E-state index in [0.29, 0.717) is 24.1 Å². The number of ketones is 1. The van der Waals surface area contributed by atoms with Gasteiger partial charge in [-0.3, -0.25) is 9.59 Å². The number of carbonyl (C=O) groups excluding carboxylic acids is 2. The maximum Gasteiger partial charge on any atom is 0.315 e. The van der Waals surface area contributed by atoms with Crippen molar-refractivity contribution in [1.29, 1.82) is 0 Å². The van der Waals surface area contributed by atoms with E-state index in [1.54, 1.807) is 0 Å². The van der Waals surface area contributed by atoms with Crippen molar-refractivity contribution < 1.29 is 28.5 Å². The second-order valence-electron chi connectivity index (χ2n) is 11.5. The minimum Gasteiger partial charge on any atom is -0.487 e. The standard InChI is InChI=1S/C28H33N3O6/c1-25(2,3)37-24(33)13-22-31-28(16-35-22)18-11-17(12-20(32)19-14-30-23(34-6)15-29-19)7-8-21(18)36-26(4,5)27(28)9-10-27/h7-8,11,14-15H,9-10,12-13,16H2,1-6H3/t28-/m0/s1. The molecule has 2 aliphatic heterocycles. The van der Waals surface area contributed by atoms with Crippen molar-refractivity contribution >= 4 is 17.7 Å². The van der Waals surface area contributed by atoms with Crippen LogP contribution in [0.25, 0.3) is 0 Å². The molecule has 9 heteroatoms. The summed E-state index contributed by atoms with van der Waals surface area (Å²) < 4.78 is 23.1. The van der Waals surface area contributed by atoms with Gasteiger partial charge in [-0.25, -0.2) is 15.0 Å². The molecule has 3 heterocycles. The zero-order valence-electron chi connectivity index (χ0n) is 22.2. The first-order chi connectivity index (χ1) is 17.4. The van der Waals surface area contributed by atoms with Gasteiger partial charge in [0.25, 0.3) is 0 Å². The monoisotopic (exact) mass is 507 g/mol. The van der Waals surface area contributed by atoms with E-state index >= 15 is 0 Å². The molecule has 2 aromatic rings. The van der Waals surface area contributed by atoms with Crippen molar-refractivity contribution in [3.05, 3.63) is 47.4 Å². The summed E-state index contributed by atoms with van der Waals surface area (Å²) in [7, 11) is 1.50. The summed E-state index contributed by atoms with van der Waals surface area (Å²) in [4.78, 5) is 38.8. The molecular formula is C28H33N3O6. The Morgan fingerprint density at radius 1 is 1.08 bits per heavy atom. The van der Waals surface area contributed by atoms with Gasteiger partial charge < -0.3 is 18.9 Å². The molecule has 0 radical (unpaired) electrons. The maximum absolute atomic E-state index is 12.9. The molecule has 5 rings (SSSR count). The van der Waals surface area contributed by atoms with Crippen LogP contribution >= 0.6 is 0 Å². The molecule has 1 saturated carbocycles. The van der Waals surface area contributed by atoms with Crippen LogP contribution in [0.3, 0.4) is 0 Å². The van der Waals surface area contributed by atoms with Crippen LogP contribution < -0.4 is 9.47 Å². The minimum atomic E-state index is -0.708. The third-order valence-electron chi connectivity index (χ3n) is 7.52. The van der Waals surface area contributed by atoms with E-state index in [4.69, 9.17) is 23.9 Å². The number of esters is 1. The molecule has 1 fully saturated rings. The molecule has 1 aromatic heterocycles. The van der Waals surface area contributed by atoms with Gasteiger partial charge in [0.15, 0.2) is 11.7 Å². The number of rotatable bonds is 6. The highest BCUT2D eigenvalue weighted by Crippen LogP contribution is 2.71. The molecular weight excluding hydrogens is 474 g/mol. The molecule has 1 atom stereocenters. The number of benzene rings is 1. The molecule has 196 valence electrons. The van der Waals surface area contributed by atoms with Crippen molar-refractivity contribution in [2.45, 2.75) is 77.0 Å². The predicted octanol–water partition coefficient (Wildman–Crippen LogP) is 4.22. The second kappa shape index (κ2) is 8.53. The molecule has 0 amide bonds. The first-order valence-corrected chi connectivity index (χ1v) is 12.5. The first-order valence-electron chi connectivity index (χ1n) is 12.5. The highest BCUT2D eigenvalue weighted by Gasteiger charge is 2.73. The molecule has 0 N–H and O–H groups in total. The Morgan fingerprint density at radius 2 is 1.84 bits per heavy atom. The first kappa shape index (κ1) is 25.2. The lowest BCUT2D eigenvalue weighted by Gasteiger charge is -2.49. The van der Waals surface area contributed by atoms with Crippen LogP contribution in [-0.2, 0) is 26.2 Å². The zero-order chi connectivity index (χ0) is 26.6. The van der Waals surface area contributed by atoms with Crippen LogP contribution in [0.5, 0.6) is 11.6 Å². The van der Waals surface area contributed by atoms with E-state index in [0.717, 1.165) is 24.0 Å². The SMILES string of the molecule is COc1cnc(C(=O)Cc2ccc3c(c2)[C@@]2(COC(CC(=O)OC(C)(C)C)=N2)C2(CC2)C(C)(C)O3)cn1. The van der Waals surface area contributed by atoms with Crippen LogP contribution in [0.2, 0.25) is 0 Å². The predicted molar refractivity (Wildman–Crippen MR) is 135 cm³/mol. The number of aliphatic imine (C=N–C) groups is 1. The van der Waals surface area contributed by atoms with Crippen molar-refractivity contribution in [1.82, 2.24) is 9.97 Å². The van der Waals surface area contributed by atoms with Crippen molar-refractivity contribution in [2.24, 2.45) is 10.4 Å². The molecule has 0 bridgehead atoms. The van der Waals surface area contributed by atoms with E-state index in [9.17, 15) is 9.59 Å². The summed E-state index contributed by atoms with van der Waals surface area (Å²) in [6.07, 6.45) is 4.83. The fourth-order valence-corrected chi connectivity index (χ4v) is 5.65. The molecule has 9 nitrogen and oxygen atoms in total. The summed E-state index contributed by atoms with van der Waals surface area (Å²) in [5.41, 5.74) is -0.0807. The topological polar surface area (TPSA) is 109 Å². The van der Waals surface area contributed by atoms with Gasteiger partial charge in [-0.1, -0.05) is 6.07 Å². The molecule has 0 unspecified atom stereocenters. The third-order valence-corrected chi connectivity index (χ3v) is 7.52. The van der Waals surface area contributed by atoms with Gasteiger partial charge in [-0.05, 0) is 65.2 Å². The Morgan fingerprint density at radius 3 is 2.46 bits per heavy atom. The Labute approximate surface area is 216 Å². The van der Waals surface area contributed by atoms with Crippen molar-refractivity contribution in [3.63, 3.8) is 0 Å². The summed E-state index contributed by atoms with van der Waals surface area (Å²) >= 11 is 0. The number of carbonyl (C=O) groups is 2. The minimum absolute atomic E-state index is 0.0277. The number of hydrogen-bond acceptors (Lipinski definition) is 9. The third kappa shape index (κ3) is 4.34. The largest absolute Gasteiger partial charge is 0.487 e. The molecule has 3 aliphatic rings. The number of hydrogen-bond donors (Lipinski definition) is 0. The molecule has 37 heavy (non-hydrogen) atoms. The van der Waals surface area contributed by atoms with Crippen LogP contribution in [0.4, 0.5) is 0 Å². The Bertz CT molecular complexity index is 1270.